The zero-order valence-corrected chi connectivity index (χ0v) is 19.7. The normalized spacial score (nSPS) is 19.5. The van der Waals surface area contributed by atoms with Crippen LogP contribution in [0.15, 0.2) is 97.3 Å². The molecule has 35 heavy (non-hydrogen) atoms. The number of nitrogens with zero attached hydrogens (tertiary/aromatic N) is 3. The summed E-state index contributed by atoms with van der Waals surface area (Å²) in [5, 5.41) is 0. The van der Waals surface area contributed by atoms with E-state index in [0.717, 1.165) is 28.9 Å². The molecule has 5 nitrogen and oxygen atoms in total. The summed E-state index contributed by atoms with van der Waals surface area (Å²) >= 11 is 0. The lowest BCUT2D eigenvalue weighted by Crippen LogP contribution is -2.53. The molecule has 0 aliphatic carbocycles. The molecule has 2 aliphatic rings. The van der Waals surface area contributed by atoms with Crippen molar-refractivity contribution >= 4 is 23.2 Å². The topological polar surface area (TPSA) is 45.6 Å². The first-order valence-corrected chi connectivity index (χ1v) is 12.1. The van der Waals surface area contributed by atoms with Crippen molar-refractivity contribution in [1.29, 1.82) is 0 Å². The number of hydrogen-bond acceptors (Lipinski definition) is 2. The molecule has 174 valence electrons. The van der Waals surface area contributed by atoms with Gasteiger partial charge >= 0.3 is 0 Å². The minimum atomic E-state index is -0.885. The number of hydrogen-bond donors (Lipinski definition) is 0. The summed E-state index contributed by atoms with van der Waals surface area (Å²) in [6.45, 7) is 2.52. The molecule has 0 bridgehead atoms. The van der Waals surface area contributed by atoms with Gasteiger partial charge in [-0.15, -0.1) is 0 Å². The van der Waals surface area contributed by atoms with Gasteiger partial charge < -0.3 is 9.47 Å². The number of carbonyl (C=O) groups is 2. The highest BCUT2D eigenvalue weighted by molar-refractivity contribution is 6.17. The SMILES string of the molecule is CC12CCCN1C(=O)c1c(Cc3ccccc3)cccc1N(c1ccccc1-n1cccc1)C2=O. The molecule has 5 heteroatoms. The molecule has 4 aromatic rings. The quantitative estimate of drug-likeness (QED) is 0.389. The Morgan fingerprint density at radius 1 is 0.771 bits per heavy atom. The van der Waals surface area contributed by atoms with Crippen molar-refractivity contribution in [1.82, 2.24) is 9.47 Å². The van der Waals surface area contributed by atoms with E-state index in [1.807, 2.05) is 96.7 Å². The maximum Gasteiger partial charge on any atom is 0.257 e. The summed E-state index contributed by atoms with van der Waals surface area (Å²) in [5.74, 6) is -0.112. The van der Waals surface area contributed by atoms with Crippen molar-refractivity contribution in [2.24, 2.45) is 0 Å². The van der Waals surface area contributed by atoms with E-state index in [9.17, 15) is 9.59 Å². The van der Waals surface area contributed by atoms with Crippen molar-refractivity contribution in [3.63, 3.8) is 0 Å². The first kappa shape index (κ1) is 21.4. The maximum atomic E-state index is 14.4. The molecule has 2 aliphatic heterocycles. The summed E-state index contributed by atoms with van der Waals surface area (Å²) < 4.78 is 2.01. The molecule has 1 atom stereocenters. The Morgan fingerprint density at radius 2 is 1.46 bits per heavy atom. The van der Waals surface area contributed by atoms with Gasteiger partial charge in [0.1, 0.15) is 5.54 Å². The van der Waals surface area contributed by atoms with Gasteiger partial charge in [0.15, 0.2) is 0 Å². The molecule has 1 fully saturated rings. The van der Waals surface area contributed by atoms with Crippen LogP contribution in [-0.2, 0) is 11.2 Å². The standard InChI is InChI=1S/C30H27N3O2/c1-30-17-10-20-32(30)28(34)27-23(21-22-11-3-2-4-12-22)13-9-16-26(27)33(29(30)35)25-15-6-5-14-24(25)31-18-7-8-19-31/h2-9,11-16,18-19H,10,17,20-21H2,1H3. The lowest BCUT2D eigenvalue weighted by molar-refractivity contribution is -0.126. The Hall–Kier alpha value is -4.12. The first-order chi connectivity index (χ1) is 17.1. The molecular formula is C30H27N3O2. The molecule has 0 spiro atoms. The van der Waals surface area contributed by atoms with Crippen LogP contribution < -0.4 is 4.90 Å². The van der Waals surface area contributed by atoms with E-state index < -0.39 is 5.54 Å². The molecule has 1 aromatic heterocycles. The molecular weight excluding hydrogens is 434 g/mol. The number of anilines is 2. The molecule has 1 unspecified atom stereocenters. The monoisotopic (exact) mass is 461 g/mol. The fraction of sp³-hybridized carbons (Fsp3) is 0.200. The third-order valence-corrected chi connectivity index (χ3v) is 7.38. The minimum Gasteiger partial charge on any atom is -0.324 e. The maximum absolute atomic E-state index is 14.4. The largest absolute Gasteiger partial charge is 0.324 e. The van der Waals surface area contributed by atoms with Gasteiger partial charge in [-0.05, 0) is 67.6 Å². The van der Waals surface area contributed by atoms with Crippen molar-refractivity contribution in [3.8, 4) is 5.69 Å². The Bertz CT molecular complexity index is 1410. The minimum absolute atomic E-state index is 0.0548. The molecule has 0 saturated carbocycles. The summed E-state index contributed by atoms with van der Waals surface area (Å²) in [4.78, 5) is 32.1. The zero-order valence-electron chi connectivity index (χ0n) is 19.7. The second-order valence-electron chi connectivity index (χ2n) is 9.53. The van der Waals surface area contributed by atoms with Crippen LogP contribution in [0.1, 0.15) is 41.3 Å². The van der Waals surface area contributed by atoms with Crippen molar-refractivity contribution in [2.75, 3.05) is 11.4 Å². The number of benzene rings is 3. The van der Waals surface area contributed by atoms with E-state index in [0.29, 0.717) is 30.6 Å². The Balaban J connectivity index is 1.60. The van der Waals surface area contributed by atoms with Crippen LogP contribution in [0.2, 0.25) is 0 Å². The van der Waals surface area contributed by atoms with Crippen LogP contribution in [0.3, 0.4) is 0 Å². The van der Waals surface area contributed by atoms with Gasteiger partial charge in [-0.3, -0.25) is 14.5 Å². The number of para-hydroxylation sites is 2. The van der Waals surface area contributed by atoms with Crippen LogP contribution in [0.4, 0.5) is 11.4 Å². The molecule has 0 N–H and O–H groups in total. The number of fused-ring (bicyclic) bond motifs is 2. The van der Waals surface area contributed by atoms with Gasteiger partial charge in [0.25, 0.3) is 11.8 Å². The molecule has 2 amide bonds. The van der Waals surface area contributed by atoms with E-state index in [2.05, 4.69) is 12.1 Å². The highest BCUT2D eigenvalue weighted by Gasteiger charge is 2.52. The summed E-state index contributed by atoms with van der Waals surface area (Å²) in [6, 6.07) is 27.9. The van der Waals surface area contributed by atoms with Gasteiger partial charge in [0.2, 0.25) is 0 Å². The van der Waals surface area contributed by atoms with E-state index in [-0.39, 0.29) is 11.8 Å². The smallest absolute Gasteiger partial charge is 0.257 e. The van der Waals surface area contributed by atoms with Gasteiger partial charge in [-0.1, -0.05) is 54.6 Å². The third-order valence-electron chi connectivity index (χ3n) is 7.38. The van der Waals surface area contributed by atoms with E-state index in [4.69, 9.17) is 0 Å². The second-order valence-corrected chi connectivity index (χ2v) is 9.53. The third kappa shape index (κ3) is 3.38. The molecule has 1 saturated heterocycles. The lowest BCUT2D eigenvalue weighted by Gasteiger charge is -2.35. The number of rotatable bonds is 4. The van der Waals surface area contributed by atoms with Crippen LogP contribution in [-0.4, -0.2) is 33.4 Å². The lowest BCUT2D eigenvalue weighted by atomic mass is 9.96. The molecule has 3 aromatic carbocycles. The van der Waals surface area contributed by atoms with Crippen LogP contribution in [0.25, 0.3) is 5.69 Å². The highest BCUT2D eigenvalue weighted by atomic mass is 16.2. The number of aromatic nitrogens is 1. The predicted molar refractivity (Wildman–Crippen MR) is 137 cm³/mol. The molecule has 0 radical (unpaired) electrons. The summed E-state index contributed by atoms with van der Waals surface area (Å²) in [7, 11) is 0. The second kappa shape index (κ2) is 8.27. The zero-order chi connectivity index (χ0) is 24.0. The van der Waals surface area contributed by atoms with Crippen LogP contribution >= 0.6 is 0 Å². The van der Waals surface area contributed by atoms with Crippen LogP contribution in [0, 0.1) is 0 Å². The van der Waals surface area contributed by atoms with E-state index >= 15 is 0 Å². The average molecular weight is 462 g/mol. The Labute approximate surface area is 205 Å². The molecule has 3 heterocycles. The van der Waals surface area contributed by atoms with Crippen molar-refractivity contribution in [3.05, 3.63) is 114 Å². The summed E-state index contributed by atoms with van der Waals surface area (Å²) in [5.41, 5.74) is 4.13. The highest BCUT2D eigenvalue weighted by Crippen LogP contribution is 2.44. The van der Waals surface area contributed by atoms with Crippen molar-refractivity contribution in [2.45, 2.75) is 31.7 Å². The predicted octanol–water partition coefficient (Wildman–Crippen LogP) is 5.74. The number of carbonyl (C=O) groups excluding carboxylic acids is 2. The Morgan fingerprint density at radius 3 is 2.23 bits per heavy atom. The molecule has 6 rings (SSSR count). The van der Waals surface area contributed by atoms with E-state index in [1.54, 1.807) is 9.80 Å². The average Bonchev–Trinajstić information content (AvgIpc) is 3.54. The van der Waals surface area contributed by atoms with Gasteiger partial charge in [-0.2, -0.15) is 0 Å². The number of amides is 2. The van der Waals surface area contributed by atoms with Crippen molar-refractivity contribution < 1.29 is 9.59 Å². The van der Waals surface area contributed by atoms with Crippen LogP contribution in [0.5, 0.6) is 0 Å². The first-order valence-electron chi connectivity index (χ1n) is 12.1. The van der Waals surface area contributed by atoms with E-state index in [1.165, 1.54) is 0 Å². The summed E-state index contributed by atoms with van der Waals surface area (Å²) in [6.07, 6.45) is 6.05. The van der Waals surface area contributed by atoms with Gasteiger partial charge in [-0.25, -0.2) is 0 Å². The Kier molecular flexibility index (Phi) is 5.06. The fourth-order valence-corrected chi connectivity index (χ4v) is 5.59. The van der Waals surface area contributed by atoms with Gasteiger partial charge in [0.05, 0.1) is 22.6 Å². The fourth-order valence-electron chi connectivity index (χ4n) is 5.59. The van der Waals surface area contributed by atoms with Gasteiger partial charge in [0, 0.05) is 18.9 Å².